The van der Waals surface area contributed by atoms with Gasteiger partial charge >= 0.3 is 0 Å². The van der Waals surface area contributed by atoms with Crippen molar-refractivity contribution in [3.8, 4) is 0 Å². The number of hydrogen-bond donors (Lipinski definition) is 3. The van der Waals surface area contributed by atoms with Crippen LogP contribution in [0.2, 0.25) is 0 Å². The zero-order valence-corrected chi connectivity index (χ0v) is 12.2. The van der Waals surface area contributed by atoms with E-state index in [2.05, 4.69) is 15.6 Å². The van der Waals surface area contributed by atoms with Gasteiger partial charge in [-0.2, -0.15) is 0 Å². The van der Waals surface area contributed by atoms with Crippen molar-refractivity contribution in [2.75, 3.05) is 10.6 Å². The number of rotatable bonds is 5. The minimum absolute atomic E-state index is 0.149. The first-order valence-corrected chi connectivity index (χ1v) is 7.08. The molecule has 0 saturated carbocycles. The zero-order chi connectivity index (χ0) is 16.1. The van der Waals surface area contributed by atoms with Gasteiger partial charge in [-0.25, -0.2) is 0 Å². The maximum absolute atomic E-state index is 12.0. The molecule has 0 aliphatic heterocycles. The first-order valence-electron chi connectivity index (χ1n) is 7.08. The summed E-state index contributed by atoms with van der Waals surface area (Å²) >= 11 is 0. The van der Waals surface area contributed by atoms with Gasteiger partial charge in [0.2, 0.25) is 0 Å². The lowest BCUT2D eigenvalue weighted by atomic mass is 10.2. The smallest absolute Gasteiger partial charge is 0.291 e. The number of anilines is 2. The van der Waals surface area contributed by atoms with Gasteiger partial charge in [-0.15, -0.1) is 0 Å². The van der Waals surface area contributed by atoms with Crippen LogP contribution >= 0.6 is 0 Å². The second-order valence-electron chi connectivity index (χ2n) is 4.89. The predicted molar refractivity (Wildman–Crippen MR) is 87.5 cm³/mol. The van der Waals surface area contributed by atoms with Crippen LogP contribution in [0.1, 0.15) is 16.1 Å². The number of furan rings is 1. The van der Waals surface area contributed by atoms with Crippen molar-refractivity contribution in [1.29, 1.82) is 0 Å². The van der Waals surface area contributed by atoms with E-state index < -0.39 is 5.91 Å². The van der Waals surface area contributed by atoms with Crippen LogP contribution in [0.15, 0.2) is 70.1 Å². The summed E-state index contributed by atoms with van der Waals surface area (Å²) in [5.74, 6) is 0.260. The SMILES string of the molecule is O=C(Nc1ccc(NCc2ccccc2)[nH]c1=O)c1ccco1. The van der Waals surface area contributed by atoms with Gasteiger partial charge < -0.3 is 20.0 Å². The van der Waals surface area contributed by atoms with Crippen LogP contribution in [0, 0.1) is 0 Å². The summed E-state index contributed by atoms with van der Waals surface area (Å²) in [4.78, 5) is 26.6. The highest BCUT2D eigenvalue weighted by molar-refractivity contribution is 6.02. The van der Waals surface area contributed by atoms with Gasteiger partial charge in [-0.1, -0.05) is 30.3 Å². The molecule has 0 spiro atoms. The van der Waals surface area contributed by atoms with Gasteiger partial charge in [0, 0.05) is 6.54 Å². The van der Waals surface area contributed by atoms with Crippen LogP contribution in [0.5, 0.6) is 0 Å². The minimum Gasteiger partial charge on any atom is -0.459 e. The summed E-state index contributed by atoms with van der Waals surface area (Å²) in [6.07, 6.45) is 1.40. The average Bonchev–Trinajstić information content (AvgIpc) is 3.11. The number of aromatic amines is 1. The number of nitrogens with one attached hydrogen (secondary N) is 3. The summed E-state index contributed by atoms with van der Waals surface area (Å²) in [5, 5.41) is 5.63. The van der Waals surface area contributed by atoms with Crippen molar-refractivity contribution < 1.29 is 9.21 Å². The summed E-state index contributed by atoms with van der Waals surface area (Å²) in [6.45, 7) is 0.592. The fourth-order valence-electron chi connectivity index (χ4n) is 2.06. The molecule has 0 atom stereocenters. The molecule has 0 unspecified atom stereocenters. The van der Waals surface area contributed by atoms with Crippen molar-refractivity contribution in [2.24, 2.45) is 0 Å². The lowest BCUT2D eigenvalue weighted by Crippen LogP contribution is -2.20. The highest BCUT2D eigenvalue weighted by Gasteiger charge is 2.11. The highest BCUT2D eigenvalue weighted by Crippen LogP contribution is 2.09. The normalized spacial score (nSPS) is 10.3. The standard InChI is InChI=1S/C17H15N3O3/c21-16-13(19-17(22)14-7-4-10-23-14)8-9-15(20-16)18-11-12-5-2-1-3-6-12/h1-10H,11H2,(H,19,22)(H2,18,20,21). The van der Waals surface area contributed by atoms with E-state index in [4.69, 9.17) is 4.42 Å². The molecule has 6 nitrogen and oxygen atoms in total. The lowest BCUT2D eigenvalue weighted by molar-refractivity contribution is 0.0996. The Morgan fingerprint density at radius 2 is 1.87 bits per heavy atom. The third kappa shape index (κ3) is 3.68. The van der Waals surface area contributed by atoms with Gasteiger partial charge in [0.15, 0.2) is 5.76 Å². The minimum atomic E-state index is -0.467. The maximum atomic E-state index is 12.0. The molecular formula is C17H15N3O3. The molecule has 2 aromatic heterocycles. The number of hydrogen-bond acceptors (Lipinski definition) is 4. The molecule has 1 amide bonds. The Morgan fingerprint density at radius 1 is 1.04 bits per heavy atom. The number of carbonyl (C=O) groups is 1. The second kappa shape index (κ2) is 6.65. The fraction of sp³-hybridized carbons (Fsp3) is 0.0588. The molecule has 3 N–H and O–H groups in total. The Balaban J connectivity index is 1.66. The Kier molecular flexibility index (Phi) is 4.24. The first-order chi connectivity index (χ1) is 11.2. The largest absolute Gasteiger partial charge is 0.459 e. The van der Waals surface area contributed by atoms with Crippen molar-refractivity contribution in [2.45, 2.75) is 6.54 Å². The number of carbonyl (C=O) groups excluding carboxylic acids is 1. The Bertz CT molecular complexity index is 839. The summed E-state index contributed by atoms with van der Waals surface area (Å²) in [5.41, 5.74) is 0.878. The fourth-order valence-corrected chi connectivity index (χ4v) is 2.06. The Labute approximate surface area is 132 Å². The summed E-state index contributed by atoms with van der Waals surface area (Å²) < 4.78 is 4.98. The Morgan fingerprint density at radius 3 is 2.57 bits per heavy atom. The quantitative estimate of drug-likeness (QED) is 0.676. The molecule has 2 heterocycles. The molecule has 116 valence electrons. The van der Waals surface area contributed by atoms with E-state index in [1.165, 1.54) is 12.3 Å². The van der Waals surface area contributed by atoms with Crippen LogP contribution in [-0.2, 0) is 6.54 Å². The highest BCUT2D eigenvalue weighted by atomic mass is 16.3. The maximum Gasteiger partial charge on any atom is 0.291 e. The monoisotopic (exact) mass is 309 g/mol. The third-order valence-corrected chi connectivity index (χ3v) is 3.23. The molecule has 0 aliphatic carbocycles. The molecule has 0 aliphatic rings. The van der Waals surface area contributed by atoms with Gasteiger partial charge in [-0.3, -0.25) is 9.59 Å². The van der Waals surface area contributed by atoms with Crippen molar-refractivity contribution in [1.82, 2.24) is 4.98 Å². The van der Waals surface area contributed by atoms with E-state index in [0.717, 1.165) is 5.56 Å². The summed E-state index contributed by atoms with van der Waals surface area (Å²) in [6, 6.07) is 16.2. The van der Waals surface area contributed by atoms with Gasteiger partial charge in [-0.05, 0) is 29.8 Å². The molecule has 3 aromatic rings. The van der Waals surface area contributed by atoms with Gasteiger partial charge in [0.05, 0.1) is 6.26 Å². The number of benzene rings is 1. The van der Waals surface area contributed by atoms with Crippen LogP contribution < -0.4 is 16.2 Å². The zero-order valence-electron chi connectivity index (χ0n) is 12.2. The van der Waals surface area contributed by atoms with Gasteiger partial charge in [0.1, 0.15) is 11.5 Å². The number of aromatic nitrogens is 1. The van der Waals surface area contributed by atoms with Crippen molar-refractivity contribution in [3.63, 3.8) is 0 Å². The summed E-state index contributed by atoms with van der Waals surface area (Å²) in [7, 11) is 0. The van der Waals surface area contributed by atoms with E-state index in [0.29, 0.717) is 12.4 Å². The van der Waals surface area contributed by atoms with Gasteiger partial charge in [0.25, 0.3) is 11.5 Å². The van der Waals surface area contributed by atoms with Crippen molar-refractivity contribution in [3.05, 3.63) is 82.5 Å². The topological polar surface area (TPSA) is 87.1 Å². The van der Waals surface area contributed by atoms with E-state index in [1.807, 2.05) is 30.3 Å². The molecule has 23 heavy (non-hydrogen) atoms. The molecule has 0 fully saturated rings. The van der Waals surface area contributed by atoms with Crippen LogP contribution in [0.25, 0.3) is 0 Å². The average molecular weight is 309 g/mol. The van der Waals surface area contributed by atoms with E-state index in [9.17, 15) is 9.59 Å². The molecule has 0 radical (unpaired) electrons. The third-order valence-electron chi connectivity index (χ3n) is 3.23. The molecule has 3 rings (SSSR count). The van der Waals surface area contributed by atoms with E-state index >= 15 is 0 Å². The number of pyridine rings is 1. The molecule has 0 saturated heterocycles. The van der Waals surface area contributed by atoms with Crippen molar-refractivity contribution >= 4 is 17.4 Å². The van der Waals surface area contributed by atoms with E-state index in [1.54, 1.807) is 18.2 Å². The number of amides is 1. The van der Waals surface area contributed by atoms with Crippen LogP contribution in [0.3, 0.4) is 0 Å². The van der Waals surface area contributed by atoms with E-state index in [-0.39, 0.29) is 17.0 Å². The predicted octanol–water partition coefficient (Wildman–Crippen LogP) is 2.83. The van der Waals surface area contributed by atoms with Crippen LogP contribution in [0.4, 0.5) is 11.5 Å². The van der Waals surface area contributed by atoms with Crippen LogP contribution in [-0.4, -0.2) is 10.9 Å². The molecule has 6 heteroatoms. The first kappa shape index (κ1) is 14.6. The molecule has 1 aromatic carbocycles. The molecular weight excluding hydrogens is 294 g/mol. The second-order valence-corrected chi connectivity index (χ2v) is 4.89. The number of H-pyrrole nitrogens is 1. The molecule has 0 bridgehead atoms. The Hall–Kier alpha value is -3.28. The lowest BCUT2D eigenvalue weighted by Gasteiger charge is -2.08.